The minimum Gasteiger partial charge on any atom is -0.399 e. The van der Waals surface area contributed by atoms with Gasteiger partial charge in [-0.2, -0.15) is 0 Å². The van der Waals surface area contributed by atoms with Crippen LogP contribution in [0.4, 0.5) is 11.4 Å². The Balaban J connectivity index is 1.95. The molecule has 0 bridgehead atoms. The standard InChI is InChI=1S/C11H16N2O/c1-13(8-11-6-7-14-11)10-4-2-9(12)3-5-10/h2-5,11H,6-8,12H2,1H3/t11-/m1/s1. The van der Waals surface area contributed by atoms with E-state index in [1.807, 2.05) is 24.3 Å². The smallest absolute Gasteiger partial charge is 0.0771 e. The van der Waals surface area contributed by atoms with E-state index in [-0.39, 0.29) is 0 Å². The molecule has 1 heterocycles. The summed E-state index contributed by atoms with van der Waals surface area (Å²) in [7, 11) is 2.08. The van der Waals surface area contributed by atoms with Crippen LogP contribution in [-0.4, -0.2) is 26.3 Å². The van der Waals surface area contributed by atoms with Crippen LogP contribution in [0.5, 0.6) is 0 Å². The lowest BCUT2D eigenvalue weighted by molar-refractivity contribution is -0.0440. The fourth-order valence-corrected chi connectivity index (χ4v) is 1.57. The second kappa shape index (κ2) is 3.88. The lowest BCUT2D eigenvalue weighted by atomic mass is 10.1. The van der Waals surface area contributed by atoms with Gasteiger partial charge >= 0.3 is 0 Å². The summed E-state index contributed by atoms with van der Waals surface area (Å²) >= 11 is 0. The highest BCUT2D eigenvalue weighted by atomic mass is 16.5. The number of rotatable bonds is 3. The molecule has 1 saturated heterocycles. The second-order valence-corrected chi connectivity index (χ2v) is 3.75. The van der Waals surface area contributed by atoms with E-state index in [0.29, 0.717) is 6.10 Å². The number of benzene rings is 1. The Morgan fingerprint density at radius 2 is 2.07 bits per heavy atom. The van der Waals surface area contributed by atoms with Crippen molar-refractivity contribution in [1.29, 1.82) is 0 Å². The van der Waals surface area contributed by atoms with Gasteiger partial charge in [0.1, 0.15) is 0 Å². The summed E-state index contributed by atoms with van der Waals surface area (Å²) in [5.74, 6) is 0. The number of nitrogens with zero attached hydrogens (tertiary/aromatic N) is 1. The molecule has 1 aromatic rings. The fraction of sp³-hybridized carbons (Fsp3) is 0.455. The Labute approximate surface area is 84.5 Å². The van der Waals surface area contributed by atoms with Crippen LogP contribution in [0, 0.1) is 0 Å². The molecule has 0 amide bonds. The third kappa shape index (κ3) is 1.99. The number of anilines is 2. The topological polar surface area (TPSA) is 38.5 Å². The summed E-state index contributed by atoms with van der Waals surface area (Å²) in [4.78, 5) is 2.20. The number of hydrogen-bond acceptors (Lipinski definition) is 3. The maximum atomic E-state index is 5.62. The van der Waals surface area contributed by atoms with Crippen molar-refractivity contribution >= 4 is 11.4 Å². The lowest BCUT2D eigenvalue weighted by Crippen LogP contribution is -2.38. The lowest BCUT2D eigenvalue weighted by Gasteiger charge is -2.31. The van der Waals surface area contributed by atoms with Crippen LogP contribution < -0.4 is 10.6 Å². The summed E-state index contributed by atoms with van der Waals surface area (Å²) < 4.78 is 5.38. The molecular formula is C11H16N2O. The molecule has 2 N–H and O–H groups in total. The van der Waals surface area contributed by atoms with Gasteiger partial charge in [-0.25, -0.2) is 0 Å². The van der Waals surface area contributed by atoms with Crippen molar-refractivity contribution in [3.05, 3.63) is 24.3 Å². The predicted octanol–water partition coefficient (Wildman–Crippen LogP) is 1.49. The van der Waals surface area contributed by atoms with Gasteiger partial charge < -0.3 is 15.4 Å². The highest BCUT2D eigenvalue weighted by Crippen LogP contribution is 2.18. The molecule has 3 nitrogen and oxygen atoms in total. The molecule has 2 rings (SSSR count). The van der Waals surface area contributed by atoms with Crippen LogP contribution in [0.25, 0.3) is 0 Å². The van der Waals surface area contributed by atoms with Gasteiger partial charge in [-0.3, -0.25) is 0 Å². The first-order valence-corrected chi connectivity index (χ1v) is 4.94. The molecule has 0 unspecified atom stereocenters. The third-order valence-electron chi connectivity index (χ3n) is 2.60. The van der Waals surface area contributed by atoms with E-state index in [1.165, 1.54) is 12.1 Å². The Kier molecular flexibility index (Phi) is 2.59. The summed E-state index contributed by atoms with van der Waals surface area (Å²) in [5, 5.41) is 0. The molecule has 1 atom stereocenters. The van der Waals surface area contributed by atoms with E-state index in [1.54, 1.807) is 0 Å². The van der Waals surface area contributed by atoms with E-state index in [9.17, 15) is 0 Å². The Hall–Kier alpha value is -1.22. The molecule has 0 radical (unpaired) electrons. The summed E-state index contributed by atoms with van der Waals surface area (Å²) in [6.07, 6.45) is 1.59. The summed E-state index contributed by atoms with van der Waals surface area (Å²) in [6, 6.07) is 7.92. The fourth-order valence-electron chi connectivity index (χ4n) is 1.57. The molecule has 0 aliphatic carbocycles. The number of nitrogen functional groups attached to an aromatic ring is 1. The van der Waals surface area contributed by atoms with Crippen molar-refractivity contribution in [2.75, 3.05) is 30.8 Å². The van der Waals surface area contributed by atoms with Crippen molar-refractivity contribution in [2.24, 2.45) is 0 Å². The summed E-state index contributed by atoms with van der Waals surface area (Å²) in [5.41, 5.74) is 7.62. The monoisotopic (exact) mass is 192 g/mol. The van der Waals surface area contributed by atoms with Crippen molar-refractivity contribution in [3.63, 3.8) is 0 Å². The van der Waals surface area contributed by atoms with Crippen LogP contribution in [0.15, 0.2) is 24.3 Å². The summed E-state index contributed by atoms with van der Waals surface area (Å²) in [6.45, 7) is 1.88. The average molecular weight is 192 g/mol. The van der Waals surface area contributed by atoms with Gasteiger partial charge in [-0.05, 0) is 30.7 Å². The first-order valence-electron chi connectivity index (χ1n) is 4.94. The molecular weight excluding hydrogens is 176 g/mol. The highest BCUT2D eigenvalue weighted by molar-refractivity contribution is 5.52. The Bertz CT molecular complexity index is 293. The van der Waals surface area contributed by atoms with E-state index in [2.05, 4.69) is 11.9 Å². The van der Waals surface area contributed by atoms with Crippen molar-refractivity contribution in [1.82, 2.24) is 0 Å². The zero-order chi connectivity index (χ0) is 9.97. The van der Waals surface area contributed by atoms with Crippen LogP contribution in [-0.2, 0) is 4.74 Å². The van der Waals surface area contributed by atoms with E-state index < -0.39 is 0 Å². The van der Waals surface area contributed by atoms with Crippen molar-refractivity contribution < 1.29 is 4.74 Å². The average Bonchev–Trinajstić information content (AvgIpc) is 2.12. The quantitative estimate of drug-likeness (QED) is 0.737. The zero-order valence-corrected chi connectivity index (χ0v) is 8.44. The van der Waals surface area contributed by atoms with Gasteiger partial charge in [-0.1, -0.05) is 0 Å². The van der Waals surface area contributed by atoms with Crippen LogP contribution in [0.2, 0.25) is 0 Å². The van der Waals surface area contributed by atoms with E-state index >= 15 is 0 Å². The number of nitrogens with two attached hydrogens (primary N) is 1. The van der Waals surface area contributed by atoms with Gasteiger partial charge in [0.15, 0.2) is 0 Å². The van der Waals surface area contributed by atoms with Gasteiger partial charge in [0, 0.05) is 31.6 Å². The van der Waals surface area contributed by atoms with Gasteiger partial charge in [0.25, 0.3) is 0 Å². The normalized spacial score (nSPS) is 20.2. The molecule has 0 saturated carbocycles. The largest absolute Gasteiger partial charge is 0.399 e. The molecule has 0 spiro atoms. The number of likely N-dealkylation sites (N-methyl/N-ethyl adjacent to an activating group) is 1. The second-order valence-electron chi connectivity index (χ2n) is 3.75. The van der Waals surface area contributed by atoms with Crippen LogP contribution in [0.1, 0.15) is 6.42 Å². The Morgan fingerprint density at radius 3 is 2.57 bits per heavy atom. The molecule has 1 aliphatic heterocycles. The van der Waals surface area contributed by atoms with Gasteiger partial charge in [-0.15, -0.1) is 0 Å². The molecule has 1 aromatic carbocycles. The molecule has 14 heavy (non-hydrogen) atoms. The zero-order valence-electron chi connectivity index (χ0n) is 8.44. The maximum Gasteiger partial charge on any atom is 0.0771 e. The first kappa shape index (κ1) is 9.34. The number of hydrogen-bond donors (Lipinski definition) is 1. The molecule has 0 aromatic heterocycles. The van der Waals surface area contributed by atoms with Gasteiger partial charge in [0.2, 0.25) is 0 Å². The first-order chi connectivity index (χ1) is 6.75. The van der Waals surface area contributed by atoms with E-state index in [0.717, 1.165) is 18.8 Å². The minimum atomic E-state index is 0.414. The highest BCUT2D eigenvalue weighted by Gasteiger charge is 2.19. The Morgan fingerprint density at radius 1 is 1.43 bits per heavy atom. The predicted molar refractivity (Wildman–Crippen MR) is 58.5 cm³/mol. The van der Waals surface area contributed by atoms with Crippen LogP contribution >= 0.6 is 0 Å². The van der Waals surface area contributed by atoms with Crippen LogP contribution in [0.3, 0.4) is 0 Å². The third-order valence-corrected chi connectivity index (χ3v) is 2.60. The molecule has 1 aliphatic rings. The maximum absolute atomic E-state index is 5.62. The number of ether oxygens (including phenoxy) is 1. The van der Waals surface area contributed by atoms with E-state index in [4.69, 9.17) is 10.5 Å². The van der Waals surface area contributed by atoms with Crippen molar-refractivity contribution in [3.8, 4) is 0 Å². The molecule has 1 fully saturated rings. The SMILES string of the molecule is CN(C[C@H]1CCO1)c1ccc(N)cc1. The van der Waals surface area contributed by atoms with Gasteiger partial charge in [0.05, 0.1) is 6.10 Å². The van der Waals surface area contributed by atoms with Crippen molar-refractivity contribution in [2.45, 2.75) is 12.5 Å². The molecule has 76 valence electrons. The minimum absolute atomic E-state index is 0.414. The molecule has 3 heteroatoms.